The molecule has 2 heterocycles. The van der Waals surface area contributed by atoms with Gasteiger partial charge in [0.15, 0.2) is 5.57 Å². The molecule has 0 aliphatic carbocycles. The third kappa shape index (κ3) is 6.50. The molecule has 33 heavy (non-hydrogen) atoms. The molecule has 0 saturated heterocycles. The lowest BCUT2D eigenvalue weighted by molar-refractivity contribution is -0.135. The van der Waals surface area contributed by atoms with Crippen LogP contribution in [0.5, 0.6) is 0 Å². The maximum atomic E-state index is 12.8. The molecular formula is C21H25BrN6O4S. The highest BCUT2D eigenvalue weighted by Crippen LogP contribution is 2.22. The third-order valence-electron chi connectivity index (χ3n) is 4.49. The largest absolute Gasteiger partial charge is 0.457 e. The topological polar surface area (TPSA) is 142 Å². The summed E-state index contributed by atoms with van der Waals surface area (Å²) >= 11 is 4.36. The zero-order chi connectivity index (χ0) is 24.5. The number of carbonyl (C=O) groups excluding carboxylic acids is 1. The van der Waals surface area contributed by atoms with Crippen molar-refractivity contribution in [2.45, 2.75) is 33.4 Å². The quantitative estimate of drug-likeness (QED) is 0.301. The summed E-state index contributed by atoms with van der Waals surface area (Å²) in [4.78, 5) is 33.6. The van der Waals surface area contributed by atoms with Gasteiger partial charge in [0.2, 0.25) is 5.95 Å². The molecule has 0 saturated carbocycles. The van der Waals surface area contributed by atoms with Crippen molar-refractivity contribution in [1.29, 1.82) is 5.26 Å². The van der Waals surface area contributed by atoms with Crippen molar-refractivity contribution in [2.24, 2.45) is 5.92 Å². The van der Waals surface area contributed by atoms with E-state index in [4.69, 9.17) is 4.74 Å². The number of nitrogens with one attached hydrogen (secondary N) is 2. The molecule has 2 aromatic heterocycles. The molecular weight excluding hydrogens is 512 g/mol. The lowest BCUT2D eigenvalue weighted by atomic mass is 10.1. The molecule has 0 spiro atoms. The Balaban J connectivity index is 2.46. The number of esters is 1. The van der Waals surface area contributed by atoms with Crippen LogP contribution >= 0.6 is 27.3 Å². The summed E-state index contributed by atoms with van der Waals surface area (Å²) in [6.07, 6.45) is 4.36. The monoisotopic (exact) mass is 536 g/mol. The van der Waals surface area contributed by atoms with Crippen LogP contribution in [0.15, 0.2) is 28.1 Å². The molecule has 2 aromatic rings. The number of aromatic nitrogens is 3. The van der Waals surface area contributed by atoms with Gasteiger partial charge in [-0.2, -0.15) is 10.2 Å². The van der Waals surface area contributed by atoms with Gasteiger partial charge < -0.3 is 20.5 Å². The summed E-state index contributed by atoms with van der Waals surface area (Å²) in [6.45, 7) is 9.31. The first kappa shape index (κ1) is 26.2. The molecule has 0 aliphatic heterocycles. The number of aliphatic hydroxyl groups is 1. The predicted molar refractivity (Wildman–Crippen MR) is 131 cm³/mol. The zero-order valence-electron chi connectivity index (χ0n) is 18.5. The summed E-state index contributed by atoms with van der Waals surface area (Å²) in [6, 6.07) is 1.62. The van der Waals surface area contributed by atoms with Crippen molar-refractivity contribution in [3.05, 3.63) is 42.9 Å². The average Bonchev–Trinajstić information content (AvgIpc) is 3.11. The SMILES string of the molecule is C=CCOC(=O)C(C#N)=c1sc(=CNc2ncc(Br)c(N[C@@H](CO)C(C)C)n2)c(=O)n1CC. The van der Waals surface area contributed by atoms with E-state index in [0.717, 1.165) is 11.3 Å². The smallest absolute Gasteiger partial charge is 0.352 e. The minimum Gasteiger partial charge on any atom is -0.457 e. The van der Waals surface area contributed by atoms with Crippen molar-refractivity contribution >= 4 is 56.8 Å². The summed E-state index contributed by atoms with van der Waals surface area (Å²) < 4.78 is 7.36. The third-order valence-corrected chi connectivity index (χ3v) is 6.20. The number of anilines is 2. The molecule has 0 radical (unpaired) electrons. The van der Waals surface area contributed by atoms with Crippen LogP contribution in [0.3, 0.4) is 0 Å². The van der Waals surface area contributed by atoms with E-state index in [2.05, 4.69) is 43.1 Å². The highest BCUT2D eigenvalue weighted by molar-refractivity contribution is 9.10. The van der Waals surface area contributed by atoms with Crippen molar-refractivity contribution in [3.63, 3.8) is 0 Å². The maximum absolute atomic E-state index is 12.8. The second-order valence-electron chi connectivity index (χ2n) is 7.05. The number of thiazole rings is 1. The van der Waals surface area contributed by atoms with Gasteiger partial charge in [0.25, 0.3) is 5.56 Å². The number of aliphatic hydroxyl groups excluding tert-OH is 1. The Morgan fingerprint density at radius 2 is 2.24 bits per heavy atom. The van der Waals surface area contributed by atoms with Gasteiger partial charge in [0, 0.05) is 18.9 Å². The van der Waals surface area contributed by atoms with Crippen LogP contribution < -0.4 is 25.4 Å². The van der Waals surface area contributed by atoms with E-state index in [-0.39, 0.29) is 58.0 Å². The second kappa shape index (κ2) is 12.3. The molecule has 0 aliphatic rings. The minimum atomic E-state index is -0.823. The Kier molecular flexibility index (Phi) is 9.77. The Morgan fingerprint density at radius 1 is 1.52 bits per heavy atom. The van der Waals surface area contributed by atoms with E-state index in [1.807, 2.05) is 19.9 Å². The molecule has 0 fully saturated rings. The fourth-order valence-corrected chi connectivity index (χ4v) is 4.03. The Morgan fingerprint density at radius 3 is 2.82 bits per heavy atom. The van der Waals surface area contributed by atoms with Crippen LogP contribution in [-0.4, -0.2) is 44.9 Å². The van der Waals surface area contributed by atoms with Crippen LogP contribution in [0, 0.1) is 17.2 Å². The van der Waals surface area contributed by atoms with E-state index >= 15 is 0 Å². The van der Waals surface area contributed by atoms with Gasteiger partial charge in [-0.3, -0.25) is 9.36 Å². The molecule has 0 bridgehead atoms. The second-order valence-corrected chi connectivity index (χ2v) is 8.94. The summed E-state index contributed by atoms with van der Waals surface area (Å²) in [5, 5.41) is 25.1. The zero-order valence-corrected chi connectivity index (χ0v) is 20.9. The molecule has 0 unspecified atom stereocenters. The van der Waals surface area contributed by atoms with Gasteiger partial charge in [0.05, 0.1) is 17.1 Å². The van der Waals surface area contributed by atoms with Gasteiger partial charge in [0.1, 0.15) is 27.7 Å². The highest BCUT2D eigenvalue weighted by Gasteiger charge is 2.17. The first-order chi connectivity index (χ1) is 15.8. The van der Waals surface area contributed by atoms with Crippen molar-refractivity contribution in [2.75, 3.05) is 23.8 Å². The fourth-order valence-electron chi connectivity index (χ4n) is 2.65. The number of hydrogen-bond acceptors (Lipinski definition) is 10. The van der Waals surface area contributed by atoms with Crippen LogP contribution in [0.1, 0.15) is 20.8 Å². The molecule has 1 atom stereocenters. The summed E-state index contributed by atoms with van der Waals surface area (Å²) in [5.74, 6) is 0.0431. The first-order valence-corrected chi connectivity index (χ1v) is 11.7. The first-order valence-electron chi connectivity index (χ1n) is 10.1. The Hall–Kier alpha value is -3.01. The minimum absolute atomic E-state index is 0.0441. The Labute approximate surface area is 203 Å². The standard InChI is InChI=1S/C21H25BrN6O4S/c1-5-7-32-20(31)13(8-23)19-28(6-2)18(30)16(33-19)10-25-21-24-9-14(22)17(27-21)26-15(11-29)12(3)4/h5,9-10,12,15,29H,1,6-7,11H2,2-4H3,(H2,24,25,26,27)/t15-/m0/s1. The Bertz CT molecular complexity index is 1230. The molecule has 12 heteroatoms. The van der Waals surface area contributed by atoms with E-state index < -0.39 is 5.97 Å². The highest BCUT2D eigenvalue weighted by atomic mass is 79.9. The number of nitriles is 1. The fraction of sp³-hybridized carbons (Fsp3) is 0.381. The van der Waals surface area contributed by atoms with E-state index in [1.54, 1.807) is 13.1 Å². The normalized spacial score (nSPS) is 13.3. The van der Waals surface area contributed by atoms with Crippen LogP contribution in [0.25, 0.3) is 11.8 Å². The molecule has 10 nitrogen and oxygen atoms in total. The van der Waals surface area contributed by atoms with Crippen LogP contribution in [-0.2, 0) is 16.1 Å². The number of hydrogen-bond donors (Lipinski definition) is 3. The lowest BCUT2D eigenvalue weighted by Gasteiger charge is -2.21. The maximum Gasteiger partial charge on any atom is 0.352 e. The van der Waals surface area contributed by atoms with Gasteiger partial charge in [-0.05, 0) is 28.8 Å². The summed E-state index contributed by atoms with van der Waals surface area (Å²) in [7, 11) is 0. The van der Waals surface area contributed by atoms with E-state index in [9.17, 15) is 20.0 Å². The lowest BCUT2D eigenvalue weighted by Crippen LogP contribution is -2.32. The van der Waals surface area contributed by atoms with Crippen molar-refractivity contribution < 1.29 is 14.6 Å². The molecule has 0 amide bonds. The van der Waals surface area contributed by atoms with E-state index in [0.29, 0.717) is 10.3 Å². The number of halogens is 1. The molecule has 2 rings (SSSR count). The molecule has 3 N–H and O–H groups in total. The molecule has 176 valence electrons. The van der Waals surface area contributed by atoms with Crippen LogP contribution in [0.4, 0.5) is 11.8 Å². The van der Waals surface area contributed by atoms with Gasteiger partial charge >= 0.3 is 5.97 Å². The number of nitrogens with zero attached hydrogens (tertiary/aromatic N) is 4. The van der Waals surface area contributed by atoms with Gasteiger partial charge in [-0.15, -0.1) is 11.3 Å². The predicted octanol–water partition coefficient (Wildman–Crippen LogP) is 1.16. The van der Waals surface area contributed by atoms with Crippen molar-refractivity contribution in [1.82, 2.24) is 14.5 Å². The number of carbonyl (C=O) groups is 1. The van der Waals surface area contributed by atoms with Gasteiger partial charge in [-0.25, -0.2) is 9.78 Å². The van der Waals surface area contributed by atoms with Crippen LogP contribution in [0.2, 0.25) is 0 Å². The summed E-state index contributed by atoms with van der Waals surface area (Å²) in [5.41, 5.74) is -0.625. The molecule has 0 aromatic carbocycles. The average molecular weight is 537 g/mol. The number of rotatable bonds is 10. The van der Waals surface area contributed by atoms with Gasteiger partial charge in [-0.1, -0.05) is 26.5 Å². The number of ether oxygens (including phenoxy) is 1. The van der Waals surface area contributed by atoms with E-state index in [1.165, 1.54) is 16.8 Å². The van der Waals surface area contributed by atoms with Crippen molar-refractivity contribution in [3.8, 4) is 6.07 Å².